The van der Waals surface area contributed by atoms with Crippen molar-refractivity contribution in [1.29, 1.82) is 0 Å². The molecule has 0 saturated carbocycles. The lowest BCUT2D eigenvalue weighted by Gasteiger charge is -2.30. The summed E-state index contributed by atoms with van der Waals surface area (Å²) >= 11 is 6.93. The number of halogens is 1. The average molecular weight is 359 g/mol. The molecule has 1 heterocycles. The van der Waals surface area contributed by atoms with Crippen molar-refractivity contribution in [3.8, 4) is 0 Å². The maximum atomic E-state index is 6.93. The monoisotopic (exact) mass is 358 g/mol. The van der Waals surface area contributed by atoms with E-state index < -0.39 is 7.58 Å². The van der Waals surface area contributed by atoms with Crippen molar-refractivity contribution in [1.82, 2.24) is 0 Å². The summed E-state index contributed by atoms with van der Waals surface area (Å²) < 4.78 is 4.44. The summed E-state index contributed by atoms with van der Waals surface area (Å²) in [5.74, 6) is 0. The van der Waals surface area contributed by atoms with Gasteiger partial charge in [-0.3, -0.25) is 9.34 Å². The summed E-state index contributed by atoms with van der Waals surface area (Å²) in [6, 6.07) is 8.89. The Balaban J connectivity index is 2.01. The molecular weight excluding hydrogens is 335 g/mol. The van der Waals surface area contributed by atoms with Gasteiger partial charge in [-0.2, -0.15) is 0 Å². The van der Waals surface area contributed by atoms with Gasteiger partial charge in [0.1, 0.15) is 0 Å². The summed E-state index contributed by atoms with van der Waals surface area (Å²) in [6.07, 6.45) is 4.23. The lowest BCUT2D eigenvalue weighted by Crippen LogP contribution is -2.14. The molecule has 0 aromatic heterocycles. The third-order valence-corrected chi connectivity index (χ3v) is 6.79. The maximum Gasteiger partial charge on any atom is 0.206 e. The van der Waals surface area contributed by atoms with Crippen molar-refractivity contribution in [3.63, 3.8) is 0 Å². The minimum atomic E-state index is -1.00. The zero-order chi connectivity index (χ0) is 17.6. The Labute approximate surface area is 151 Å². The molecule has 1 aliphatic rings. The van der Waals surface area contributed by atoms with Crippen LogP contribution in [-0.4, -0.2) is 0 Å². The highest BCUT2D eigenvalue weighted by atomic mass is 35.7. The van der Waals surface area contributed by atoms with Gasteiger partial charge in [0.25, 0.3) is 0 Å². The van der Waals surface area contributed by atoms with E-state index in [1.54, 1.807) is 0 Å². The molecule has 0 amide bonds. The fraction of sp³-hybridized carbons (Fsp3) is 0.300. The molecule has 4 heteroatoms. The number of nitrogens with zero attached hydrogens (tertiary/aromatic N) is 2. The molecule has 2 nitrogen and oxygen atoms in total. The van der Waals surface area contributed by atoms with Crippen LogP contribution in [0.4, 0.5) is 11.4 Å². The van der Waals surface area contributed by atoms with E-state index >= 15 is 0 Å². The molecule has 0 atom stereocenters. The molecule has 0 saturated heterocycles. The number of hydrogen-bond donors (Lipinski definition) is 0. The maximum absolute atomic E-state index is 6.93. The Bertz CT molecular complexity index is 715. The van der Waals surface area contributed by atoms with Crippen LogP contribution in [0.2, 0.25) is 0 Å². The molecule has 3 rings (SSSR count). The highest BCUT2D eigenvalue weighted by molar-refractivity contribution is 7.86. The second kappa shape index (κ2) is 6.43. The van der Waals surface area contributed by atoms with Gasteiger partial charge in [0, 0.05) is 12.4 Å². The highest BCUT2D eigenvalue weighted by Crippen LogP contribution is 2.59. The van der Waals surface area contributed by atoms with Crippen LogP contribution in [0, 0.1) is 41.5 Å². The summed E-state index contributed by atoms with van der Waals surface area (Å²) in [6.45, 7) is 12.9. The van der Waals surface area contributed by atoms with Gasteiger partial charge < -0.3 is 0 Å². The van der Waals surface area contributed by atoms with Crippen LogP contribution in [0.25, 0.3) is 0 Å². The molecule has 0 aliphatic carbocycles. The van der Waals surface area contributed by atoms with Crippen molar-refractivity contribution in [2.45, 2.75) is 41.5 Å². The van der Waals surface area contributed by atoms with E-state index in [4.69, 9.17) is 11.2 Å². The van der Waals surface area contributed by atoms with E-state index in [1.807, 2.05) is 0 Å². The summed E-state index contributed by atoms with van der Waals surface area (Å²) in [5.41, 5.74) is 10.1. The Morgan fingerprint density at radius 2 is 0.917 bits per heavy atom. The summed E-state index contributed by atoms with van der Waals surface area (Å²) in [7, 11) is -1.00. The van der Waals surface area contributed by atoms with Gasteiger partial charge in [0.2, 0.25) is 7.58 Å². The minimum absolute atomic E-state index is 1.00. The quantitative estimate of drug-likeness (QED) is 0.544. The van der Waals surface area contributed by atoms with E-state index in [1.165, 1.54) is 44.8 Å². The molecule has 24 heavy (non-hydrogen) atoms. The zero-order valence-corrected chi connectivity index (χ0v) is 16.8. The largest absolute Gasteiger partial charge is 0.295 e. The topological polar surface area (TPSA) is 6.48 Å². The predicted molar refractivity (Wildman–Crippen MR) is 108 cm³/mol. The third-order valence-electron chi connectivity index (χ3n) is 4.43. The molecule has 0 fully saturated rings. The van der Waals surface area contributed by atoms with Gasteiger partial charge in [0.05, 0.1) is 11.4 Å². The fourth-order valence-corrected chi connectivity index (χ4v) is 5.99. The first kappa shape index (κ1) is 17.3. The highest BCUT2D eigenvalue weighted by Gasteiger charge is 2.31. The van der Waals surface area contributed by atoms with E-state index in [-0.39, 0.29) is 0 Å². The van der Waals surface area contributed by atoms with E-state index in [2.05, 4.69) is 87.5 Å². The summed E-state index contributed by atoms with van der Waals surface area (Å²) in [4.78, 5) is 0. The van der Waals surface area contributed by atoms with Gasteiger partial charge in [-0.05, 0) is 75.0 Å². The third kappa shape index (κ3) is 2.94. The Hall–Kier alpha value is -1.50. The Morgan fingerprint density at radius 1 is 0.625 bits per heavy atom. The first-order valence-electron chi connectivity index (χ1n) is 8.18. The Morgan fingerprint density at radius 3 is 1.21 bits per heavy atom. The van der Waals surface area contributed by atoms with Gasteiger partial charge >= 0.3 is 0 Å². The van der Waals surface area contributed by atoms with E-state index in [9.17, 15) is 0 Å². The van der Waals surface area contributed by atoms with Crippen molar-refractivity contribution >= 4 is 30.2 Å². The van der Waals surface area contributed by atoms with Gasteiger partial charge in [-0.25, -0.2) is 0 Å². The van der Waals surface area contributed by atoms with Crippen LogP contribution >= 0.6 is 18.8 Å². The van der Waals surface area contributed by atoms with Crippen LogP contribution in [0.3, 0.4) is 0 Å². The molecule has 0 unspecified atom stereocenters. The predicted octanol–water partition coefficient (Wildman–Crippen LogP) is 6.80. The smallest absolute Gasteiger partial charge is 0.206 e. The van der Waals surface area contributed by atoms with Gasteiger partial charge in [-0.15, -0.1) is 0 Å². The minimum Gasteiger partial charge on any atom is -0.295 e. The first-order chi connectivity index (χ1) is 11.3. The molecule has 1 aliphatic heterocycles. The van der Waals surface area contributed by atoms with Crippen molar-refractivity contribution in [3.05, 3.63) is 70.0 Å². The molecule has 0 bridgehead atoms. The van der Waals surface area contributed by atoms with E-state index in [0.717, 1.165) is 0 Å². The van der Waals surface area contributed by atoms with Crippen LogP contribution in [0.15, 0.2) is 36.7 Å². The number of anilines is 2. The first-order valence-corrected chi connectivity index (χ1v) is 10.3. The van der Waals surface area contributed by atoms with Crippen molar-refractivity contribution in [2.75, 3.05) is 9.34 Å². The van der Waals surface area contributed by atoms with Crippen LogP contribution in [0.5, 0.6) is 0 Å². The average Bonchev–Trinajstić information content (AvgIpc) is 2.79. The SMILES string of the molecule is Cc1cc(C)c(N2C=CN(c3c(C)cc(C)cc3C)P2Cl)c(C)c1. The summed E-state index contributed by atoms with van der Waals surface area (Å²) in [5, 5.41) is 0. The van der Waals surface area contributed by atoms with Crippen LogP contribution in [-0.2, 0) is 0 Å². The number of benzene rings is 2. The van der Waals surface area contributed by atoms with Crippen LogP contribution < -0.4 is 9.34 Å². The van der Waals surface area contributed by atoms with E-state index in [0.29, 0.717) is 0 Å². The molecule has 2 aromatic rings. The number of aryl methyl sites for hydroxylation is 6. The molecule has 0 N–H and O–H groups in total. The molecule has 0 spiro atoms. The number of rotatable bonds is 2. The second-order valence-electron chi connectivity index (χ2n) is 6.72. The molecular formula is C20H24ClN2P. The normalized spacial score (nSPS) is 14.8. The molecule has 126 valence electrons. The van der Waals surface area contributed by atoms with Gasteiger partial charge in [-0.1, -0.05) is 35.4 Å². The molecule has 0 radical (unpaired) electrons. The lowest BCUT2D eigenvalue weighted by molar-refractivity contribution is 1.27. The van der Waals surface area contributed by atoms with Crippen LogP contribution in [0.1, 0.15) is 33.4 Å². The number of hydrogen-bond acceptors (Lipinski definition) is 2. The Kier molecular flexibility index (Phi) is 4.64. The fourth-order valence-electron chi connectivity index (χ4n) is 3.72. The van der Waals surface area contributed by atoms with Crippen molar-refractivity contribution in [2.24, 2.45) is 0 Å². The standard InChI is InChI=1S/C20H24ClN2P/c1-13-9-15(3)19(16(4)10-13)22-7-8-23(24(22)21)20-17(5)11-14(2)12-18(20)6/h7-12H,1-6H3. The van der Waals surface area contributed by atoms with Crippen molar-refractivity contribution < 1.29 is 0 Å². The molecule has 2 aromatic carbocycles. The zero-order valence-electron chi connectivity index (χ0n) is 15.2. The lowest BCUT2D eigenvalue weighted by atomic mass is 10.1. The van der Waals surface area contributed by atoms with Gasteiger partial charge in [0.15, 0.2) is 0 Å². The second-order valence-corrected chi connectivity index (χ2v) is 8.97.